The quantitative estimate of drug-likeness (QED) is 0.349. The van der Waals surface area contributed by atoms with Crippen LogP contribution in [0.5, 0.6) is 0 Å². The number of rotatable bonds is 7. The van der Waals surface area contributed by atoms with Crippen LogP contribution in [0.15, 0.2) is 22.5 Å². The molecule has 0 radical (unpaired) electrons. The largest absolute Gasteiger partial charge is 0.383 e. The van der Waals surface area contributed by atoms with E-state index in [0.29, 0.717) is 12.6 Å². The molecular formula is C16H28IN3OS. The average molecular weight is 437 g/mol. The van der Waals surface area contributed by atoms with Crippen LogP contribution in [0.1, 0.15) is 44.9 Å². The van der Waals surface area contributed by atoms with E-state index in [1.807, 2.05) is 24.4 Å². The van der Waals surface area contributed by atoms with E-state index in [1.165, 1.54) is 19.3 Å². The lowest BCUT2D eigenvalue weighted by atomic mass is 10.1. The van der Waals surface area contributed by atoms with Gasteiger partial charge in [-0.1, -0.05) is 19.4 Å². The van der Waals surface area contributed by atoms with Crippen molar-refractivity contribution < 1.29 is 5.11 Å². The van der Waals surface area contributed by atoms with E-state index in [0.717, 1.165) is 23.3 Å². The molecule has 1 heterocycles. The van der Waals surface area contributed by atoms with Gasteiger partial charge in [0.15, 0.2) is 5.96 Å². The SMILES string of the molecule is CCCC1CC1NC(=NCC(C)(O)c1cccs1)NCC.I. The molecule has 1 saturated carbocycles. The molecule has 0 aromatic carbocycles. The van der Waals surface area contributed by atoms with Gasteiger partial charge in [-0.2, -0.15) is 0 Å². The maximum Gasteiger partial charge on any atom is 0.191 e. The number of hydrogen-bond acceptors (Lipinski definition) is 3. The Kier molecular flexibility index (Phi) is 8.13. The van der Waals surface area contributed by atoms with Crippen LogP contribution in [0.2, 0.25) is 0 Å². The van der Waals surface area contributed by atoms with E-state index >= 15 is 0 Å². The van der Waals surface area contributed by atoms with Crippen molar-refractivity contribution in [3.8, 4) is 0 Å². The zero-order valence-corrected chi connectivity index (χ0v) is 16.8. The minimum atomic E-state index is -0.900. The van der Waals surface area contributed by atoms with Crippen LogP contribution < -0.4 is 10.6 Å². The number of nitrogens with one attached hydrogen (secondary N) is 2. The predicted octanol–water partition coefficient (Wildman–Crippen LogP) is 3.32. The van der Waals surface area contributed by atoms with Crippen molar-refractivity contribution in [3.05, 3.63) is 22.4 Å². The van der Waals surface area contributed by atoms with Crippen LogP contribution in [0.3, 0.4) is 0 Å². The molecule has 3 atom stereocenters. The lowest BCUT2D eigenvalue weighted by Crippen LogP contribution is -2.40. The second kappa shape index (κ2) is 9.08. The maximum absolute atomic E-state index is 10.5. The van der Waals surface area contributed by atoms with E-state index in [-0.39, 0.29) is 24.0 Å². The maximum atomic E-state index is 10.5. The van der Waals surface area contributed by atoms with Crippen molar-refractivity contribution in [2.24, 2.45) is 10.9 Å². The minimum absolute atomic E-state index is 0. The summed E-state index contributed by atoms with van der Waals surface area (Å²) in [4.78, 5) is 5.52. The topological polar surface area (TPSA) is 56.7 Å². The number of halogens is 1. The molecule has 0 saturated heterocycles. The highest BCUT2D eigenvalue weighted by molar-refractivity contribution is 14.0. The van der Waals surface area contributed by atoms with Crippen molar-refractivity contribution in [2.75, 3.05) is 13.1 Å². The lowest BCUT2D eigenvalue weighted by molar-refractivity contribution is 0.0711. The second-order valence-electron chi connectivity index (χ2n) is 5.98. The number of hydrogen-bond donors (Lipinski definition) is 3. The van der Waals surface area contributed by atoms with Crippen molar-refractivity contribution >= 4 is 41.3 Å². The van der Waals surface area contributed by atoms with Gasteiger partial charge in [-0.15, -0.1) is 35.3 Å². The van der Waals surface area contributed by atoms with Gasteiger partial charge in [0, 0.05) is 17.5 Å². The first-order valence-corrected chi connectivity index (χ1v) is 8.76. The molecule has 6 heteroatoms. The fourth-order valence-electron chi connectivity index (χ4n) is 2.51. The van der Waals surface area contributed by atoms with Crippen LogP contribution in [-0.2, 0) is 5.60 Å². The average Bonchev–Trinajstić information content (AvgIpc) is 2.94. The molecule has 1 aromatic rings. The van der Waals surface area contributed by atoms with Crippen LogP contribution in [0, 0.1) is 5.92 Å². The normalized spacial score (nSPS) is 23.4. The minimum Gasteiger partial charge on any atom is -0.383 e. The molecule has 0 aliphatic heterocycles. The third-order valence-corrected chi connectivity index (χ3v) is 4.97. The molecule has 0 amide bonds. The third kappa shape index (κ3) is 5.70. The van der Waals surface area contributed by atoms with Crippen LogP contribution in [-0.4, -0.2) is 30.2 Å². The molecule has 1 aliphatic rings. The van der Waals surface area contributed by atoms with Gasteiger partial charge in [0.25, 0.3) is 0 Å². The van der Waals surface area contributed by atoms with Crippen molar-refractivity contribution in [1.29, 1.82) is 0 Å². The first kappa shape index (κ1) is 19.7. The van der Waals surface area contributed by atoms with Crippen molar-refractivity contribution in [3.63, 3.8) is 0 Å². The molecule has 3 unspecified atom stereocenters. The predicted molar refractivity (Wildman–Crippen MR) is 105 cm³/mol. The first-order valence-electron chi connectivity index (χ1n) is 7.88. The highest BCUT2D eigenvalue weighted by Crippen LogP contribution is 2.34. The molecule has 1 fully saturated rings. The fourth-order valence-corrected chi connectivity index (χ4v) is 3.29. The number of nitrogens with zero attached hydrogens (tertiary/aromatic N) is 1. The van der Waals surface area contributed by atoms with E-state index in [4.69, 9.17) is 0 Å². The summed E-state index contributed by atoms with van der Waals surface area (Å²) in [6.07, 6.45) is 3.76. The molecule has 22 heavy (non-hydrogen) atoms. The molecular weight excluding hydrogens is 409 g/mol. The molecule has 3 N–H and O–H groups in total. The summed E-state index contributed by atoms with van der Waals surface area (Å²) in [5.41, 5.74) is -0.900. The number of aliphatic hydroxyl groups is 1. The van der Waals surface area contributed by atoms with Gasteiger partial charge < -0.3 is 15.7 Å². The second-order valence-corrected chi connectivity index (χ2v) is 6.93. The van der Waals surface area contributed by atoms with Gasteiger partial charge in [0.2, 0.25) is 0 Å². The Bertz CT molecular complexity index is 462. The Balaban J connectivity index is 0.00000242. The summed E-state index contributed by atoms with van der Waals surface area (Å²) in [5, 5.41) is 19.2. The van der Waals surface area contributed by atoms with Gasteiger partial charge in [-0.05, 0) is 44.1 Å². The molecule has 1 aliphatic carbocycles. The van der Waals surface area contributed by atoms with Gasteiger partial charge >= 0.3 is 0 Å². The summed E-state index contributed by atoms with van der Waals surface area (Å²) < 4.78 is 0. The Labute approximate surface area is 154 Å². The molecule has 1 aromatic heterocycles. The summed E-state index contributed by atoms with van der Waals surface area (Å²) >= 11 is 1.57. The van der Waals surface area contributed by atoms with E-state index in [1.54, 1.807) is 11.3 Å². The lowest BCUT2D eigenvalue weighted by Gasteiger charge is -2.20. The molecule has 0 bridgehead atoms. The van der Waals surface area contributed by atoms with E-state index < -0.39 is 5.60 Å². The smallest absolute Gasteiger partial charge is 0.191 e. The van der Waals surface area contributed by atoms with Crippen LogP contribution in [0.4, 0.5) is 0 Å². The zero-order chi connectivity index (χ0) is 15.3. The van der Waals surface area contributed by atoms with Crippen molar-refractivity contribution in [1.82, 2.24) is 10.6 Å². The van der Waals surface area contributed by atoms with Gasteiger partial charge in [0.1, 0.15) is 5.60 Å². The summed E-state index contributed by atoms with van der Waals surface area (Å²) in [7, 11) is 0. The fraction of sp³-hybridized carbons (Fsp3) is 0.688. The summed E-state index contributed by atoms with van der Waals surface area (Å²) in [5.74, 6) is 1.61. The van der Waals surface area contributed by atoms with Crippen LogP contribution >= 0.6 is 35.3 Å². The van der Waals surface area contributed by atoms with E-state index in [2.05, 4.69) is 29.5 Å². The number of aliphatic imine (C=N–C) groups is 1. The van der Waals surface area contributed by atoms with Crippen LogP contribution in [0.25, 0.3) is 0 Å². The molecule has 0 spiro atoms. The molecule has 2 rings (SSSR count). The summed E-state index contributed by atoms with van der Waals surface area (Å²) in [6.45, 7) is 7.31. The Morgan fingerprint density at radius 3 is 2.86 bits per heavy atom. The Morgan fingerprint density at radius 2 is 2.27 bits per heavy atom. The van der Waals surface area contributed by atoms with Gasteiger partial charge in [-0.25, -0.2) is 4.99 Å². The van der Waals surface area contributed by atoms with Gasteiger partial charge in [-0.3, -0.25) is 0 Å². The highest BCUT2D eigenvalue weighted by Gasteiger charge is 2.36. The summed E-state index contributed by atoms with van der Waals surface area (Å²) in [6, 6.07) is 4.47. The number of thiophene rings is 1. The molecule has 126 valence electrons. The first-order chi connectivity index (χ1) is 10.1. The third-order valence-electron chi connectivity index (χ3n) is 3.85. The monoisotopic (exact) mass is 437 g/mol. The molecule has 4 nitrogen and oxygen atoms in total. The zero-order valence-electron chi connectivity index (χ0n) is 13.6. The standard InChI is InChI=1S/C16H27N3OS.HI/c1-4-7-12-10-13(12)19-15(17-5-2)18-11-16(3,20)14-8-6-9-21-14;/h6,8-9,12-13,20H,4-5,7,10-11H2,1-3H3,(H2,17,18,19);1H. The van der Waals surface area contributed by atoms with Gasteiger partial charge in [0.05, 0.1) is 6.54 Å². The van der Waals surface area contributed by atoms with Crippen molar-refractivity contribution in [2.45, 2.75) is 51.7 Å². The Hall–Kier alpha value is -0.340. The number of guanidine groups is 1. The van der Waals surface area contributed by atoms with E-state index in [9.17, 15) is 5.11 Å². The Morgan fingerprint density at radius 1 is 1.50 bits per heavy atom. The highest BCUT2D eigenvalue weighted by atomic mass is 127.